The van der Waals surface area contributed by atoms with E-state index in [1.807, 2.05) is 64.1 Å². The van der Waals surface area contributed by atoms with Crippen molar-refractivity contribution in [3.63, 3.8) is 0 Å². The van der Waals surface area contributed by atoms with E-state index in [-0.39, 0.29) is 12.0 Å². The van der Waals surface area contributed by atoms with Gasteiger partial charge >= 0.3 is 0 Å². The molecule has 0 aliphatic heterocycles. The second-order valence-corrected chi connectivity index (χ2v) is 10.1. The summed E-state index contributed by atoms with van der Waals surface area (Å²) in [6.45, 7) is 9.81. The van der Waals surface area contributed by atoms with Gasteiger partial charge in [0.05, 0.1) is 18.0 Å². The Morgan fingerprint density at radius 3 is 2.29 bits per heavy atom. The van der Waals surface area contributed by atoms with Gasteiger partial charge in [-0.15, -0.1) is 0 Å². The van der Waals surface area contributed by atoms with Gasteiger partial charge in [0.15, 0.2) is 0 Å². The van der Waals surface area contributed by atoms with Gasteiger partial charge in [0, 0.05) is 6.54 Å². The van der Waals surface area contributed by atoms with Crippen molar-refractivity contribution in [2.75, 3.05) is 17.1 Å². The first kappa shape index (κ1) is 24.7. The molecule has 0 bridgehead atoms. The molecule has 0 unspecified atom stereocenters. The van der Waals surface area contributed by atoms with Crippen molar-refractivity contribution in [3.05, 3.63) is 59.2 Å². The lowest BCUT2D eigenvalue weighted by Crippen LogP contribution is -2.48. The van der Waals surface area contributed by atoms with Crippen molar-refractivity contribution in [1.29, 1.82) is 0 Å². The van der Waals surface area contributed by atoms with Gasteiger partial charge in [0.1, 0.15) is 11.8 Å². The van der Waals surface area contributed by atoms with Crippen molar-refractivity contribution in [3.8, 4) is 5.75 Å². The van der Waals surface area contributed by atoms with Gasteiger partial charge in [-0.2, -0.15) is 0 Å². The average molecular weight is 447 g/mol. The minimum absolute atomic E-state index is 0.137. The Morgan fingerprint density at radius 1 is 1.06 bits per heavy atom. The molecule has 0 fully saturated rings. The van der Waals surface area contributed by atoms with Crippen LogP contribution < -0.4 is 14.4 Å². The molecule has 31 heavy (non-hydrogen) atoms. The van der Waals surface area contributed by atoms with Crippen LogP contribution in [0, 0.1) is 13.8 Å². The van der Waals surface area contributed by atoms with Crippen LogP contribution in [0.15, 0.2) is 42.5 Å². The number of hydrogen-bond donors (Lipinski definition) is 1. The minimum Gasteiger partial charge on any atom is -0.491 e. The van der Waals surface area contributed by atoms with E-state index in [4.69, 9.17) is 4.74 Å². The molecule has 1 amide bonds. The Kier molecular flexibility index (Phi) is 8.51. The summed E-state index contributed by atoms with van der Waals surface area (Å²) in [5.41, 5.74) is 3.44. The smallest absolute Gasteiger partial charge is 0.243 e. The summed E-state index contributed by atoms with van der Waals surface area (Å²) in [4.78, 5) is 12.7. The Labute approximate surface area is 186 Å². The molecule has 0 heterocycles. The molecule has 2 aromatic rings. The summed E-state index contributed by atoms with van der Waals surface area (Å²) >= 11 is 0. The van der Waals surface area contributed by atoms with Crippen molar-refractivity contribution < 1.29 is 17.9 Å². The second-order valence-electron chi connectivity index (χ2n) is 8.23. The molecule has 0 spiro atoms. The average Bonchev–Trinajstić information content (AvgIpc) is 2.67. The zero-order chi connectivity index (χ0) is 23.2. The van der Waals surface area contributed by atoms with Crippen molar-refractivity contribution >= 4 is 21.6 Å². The zero-order valence-corrected chi connectivity index (χ0v) is 20.1. The van der Waals surface area contributed by atoms with E-state index in [1.54, 1.807) is 13.0 Å². The third-order valence-corrected chi connectivity index (χ3v) is 6.15. The van der Waals surface area contributed by atoms with Crippen LogP contribution in [0.3, 0.4) is 0 Å². The number of nitrogens with one attached hydrogen (secondary N) is 1. The van der Waals surface area contributed by atoms with Crippen LogP contribution in [-0.4, -0.2) is 39.3 Å². The zero-order valence-electron chi connectivity index (χ0n) is 19.3. The quantitative estimate of drug-likeness (QED) is 0.560. The molecule has 170 valence electrons. The number of carbonyl (C=O) groups excluding carboxylic acids is 1. The van der Waals surface area contributed by atoms with Crippen LogP contribution in [0.4, 0.5) is 5.69 Å². The summed E-state index contributed by atoms with van der Waals surface area (Å²) < 4.78 is 31.8. The molecule has 0 radical (unpaired) electrons. The topological polar surface area (TPSA) is 75.7 Å². The molecule has 0 aromatic heterocycles. The maximum atomic E-state index is 12.7. The normalized spacial score (nSPS) is 12.5. The van der Waals surface area contributed by atoms with Gasteiger partial charge in [0.25, 0.3) is 0 Å². The van der Waals surface area contributed by atoms with Crippen LogP contribution in [0.2, 0.25) is 0 Å². The van der Waals surface area contributed by atoms with E-state index in [9.17, 15) is 13.2 Å². The standard InChI is InChI=1S/C24H34N2O4S/c1-17(2)30-22-13-11-21(12-14-22)8-7-15-25-24(27)20(5)26(31(6,28)29)23-16-18(3)9-10-19(23)4/h9-14,16-17,20H,7-8,15H2,1-6H3,(H,25,27)/t20-/m1/s1. The second kappa shape index (κ2) is 10.7. The van der Waals surface area contributed by atoms with E-state index in [2.05, 4.69) is 5.32 Å². The van der Waals surface area contributed by atoms with E-state index in [0.717, 1.165) is 41.5 Å². The Balaban J connectivity index is 1.96. The van der Waals surface area contributed by atoms with E-state index < -0.39 is 16.1 Å². The number of amides is 1. The summed E-state index contributed by atoms with van der Waals surface area (Å²) in [7, 11) is -3.63. The minimum atomic E-state index is -3.63. The number of ether oxygens (including phenoxy) is 1. The number of sulfonamides is 1. The predicted molar refractivity (Wildman–Crippen MR) is 126 cm³/mol. The lowest BCUT2D eigenvalue weighted by atomic mass is 10.1. The molecule has 0 aliphatic carbocycles. The van der Waals surface area contributed by atoms with E-state index >= 15 is 0 Å². The Morgan fingerprint density at radius 2 is 1.71 bits per heavy atom. The Hall–Kier alpha value is -2.54. The predicted octanol–water partition coefficient (Wildman–Crippen LogP) is 3.99. The maximum Gasteiger partial charge on any atom is 0.243 e. The van der Waals surface area contributed by atoms with Gasteiger partial charge in [0.2, 0.25) is 15.9 Å². The summed E-state index contributed by atoms with van der Waals surface area (Å²) in [5.74, 6) is 0.528. The molecule has 0 aliphatic rings. The number of aryl methyl sites for hydroxylation is 3. The largest absolute Gasteiger partial charge is 0.491 e. The van der Waals surface area contributed by atoms with Gasteiger partial charge in [-0.25, -0.2) is 8.42 Å². The van der Waals surface area contributed by atoms with Crippen LogP contribution >= 0.6 is 0 Å². The number of benzene rings is 2. The number of hydrogen-bond acceptors (Lipinski definition) is 4. The maximum absolute atomic E-state index is 12.7. The van der Waals surface area contributed by atoms with Gasteiger partial charge in [-0.05, 0) is 82.3 Å². The number of rotatable bonds is 10. The van der Waals surface area contributed by atoms with Crippen molar-refractivity contribution in [2.24, 2.45) is 0 Å². The van der Waals surface area contributed by atoms with Crippen LogP contribution in [-0.2, 0) is 21.2 Å². The molecule has 7 heteroatoms. The number of carbonyl (C=O) groups is 1. The molecule has 6 nitrogen and oxygen atoms in total. The molecule has 0 saturated heterocycles. The third kappa shape index (κ3) is 7.28. The number of nitrogens with zero attached hydrogens (tertiary/aromatic N) is 1. The van der Waals surface area contributed by atoms with Gasteiger partial charge in [-0.1, -0.05) is 24.3 Å². The van der Waals surface area contributed by atoms with Crippen LogP contribution in [0.1, 0.15) is 43.9 Å². The first-order valence-corrected chi connectivity index (χ1v) is 12.4. The summed E-state index contributed by atoms with van der Waals surface area (Å²) in [6.07, 6.45) is 2.83. The van der Waals surface area contributed by atoms with E-state index in [0.29, 0.717) is 12.2 Å². The van der Waals surface area contributed by atoms with Crippen molar-refractivity contribution in [1.82, 2.24) is 5.32 Å². The summed E-state index contributed by atoms with van der Waals surface area (Å²) in [5, 5.41) is 2.88. The van der Waals surface area contributed by atoms with Gasteiger partial charge in [-0.3, -0.25) is 9.10 Å². The highest BCUT2D eigenvalue weighted by molar-refractivity contribution is 7.92. The molecular formula is C24H34N2O4S. The fraction of sp³-hybridized carbons (Fsp3) is 0.458. The lowest BCUT2D eigenvalue weighted by molar-refractivity contribution is -0.121. The number of anilines is 1. The molecule has 0 saturated carbocycles. The highest BCUT2D eigenvalue weighted by Gasteiger charge is 2.30. The molecular weight excluding hydrogens is 412 g/mol. The van der Waals surface area contributed by atoms with Crippen molar-refractivity contribution in [2.45, 2.75) is 59.6 Å². The van der Waals surface area contributed by atoms with Crippen LogP contribution in [0.25, 0.3) is 0 Å². The SMILES string of the molecule is Cc1ccc(C)c(N([C@H](C)C(=O)NCCCc2ccc(OC(C)C)cc2)S(C)(=O)=O)c1. The Bertz CT molecular complexity index is 985. The molecule has 1 atom stereocenters. The highest BCUT2D eigenvalue weighted by Crippen LogP contribution is 2.26. The molecule has 2 rings (SSSR count). The summed E-state index contributed by atoms with van der Waals surface area (Å²) in [6, 6.07) is 12.7. The highest BCUT2D eigenvalue weighted by atomic mass is 32.2. The first-order chi connectivity index (χ1) is 14.5. The molecule has 1 N–H and O–H groups in total. The van der Waals surface area contributed by atoms with E-state index in [1.165, 1.54) is 4.31 Å². The third-order valence-electron chi connectivity index (χ3n) is 4.93. The lowest BCUT2D eigenvalue weighted by Gasteiger charge is -2.29. The van der Waals surface area contributed by atoms with Crippen LogP contribution in [0.5, 0.6) is 5.75 Å². The fourth-order valence-corrected chi connectivity index (χ4v) is 4.62. The molecule has 2 aromatic carbocycles. The monoisotopic (exact) mass is 446 g/mol. The van der Waals surface area contributed by atoms with Gasteiger partial charge < -0.3 is 10.1 Å². The first-order valence-electron chi connectivity index (χ1n) is 10.6. The fourth-order valence-electron chi connectivity index (χ4n) is 3.40.